The monoisotopic (exact) mass is 328 g/mol. The fourth-order valence-corrected chi connectivity index (χ4v) is 4.34. The Hall–Kier alpha value is -1.02. The molecule has 1 aromatic rings. The number of aliphatic hydroxyl groups excluding tert-OH is 1. The SMILES string of the molecule is Cc1cc(S(=O)(=O)N2CCC(CO)CC2)ccc1C(N)=S. The second-order valence-corrected chi connectivity index (χ2v) is 7.75. The van der Waals surface area contributed by atoms with Crippen molar-refractivity contribution in [3.05, 3.63) is 29.3 Å². The topological polar surface area (TPSA) is 83.6 Å². The van der Waals surface area contributed by atoms with Crippen molar-refractivity contribution in [3.8, 4) is 0 Å². The molecule has 0 radical (unpaired) electrons. The number of aryl methyl sites for hydroxylation is 1. The Bertz CT molecular complexity index is 636. The first-order valence-corrected chi connectivity index (χ1v) is 8.72. The van der Waals surface area contributed by atoms with Crippen molar-refractivity contribution in [2.45, 2.75) is 24.7 Å². The lowest BCUT2D eigenvalue weighted by Crippen LogP contribution is -2.39. The Morgan fingerprint density at radius 1 is 1.43 bits per heavy atom. The summed E-state index contributed by atoms with van der Waals surface area (Å²) in [6.45, 7) is 2.81. The van der Waals surface area contributed by atoms with Gasteiger partial charge in [0.2, 0.25) is 10.0 Å². The molecule has 0 amide bonds. The smallest absolute Gasteiger partial charge is 0.243 e. The summed E-state index contributed by atoms with van der Waals surface area (Å²) in [4.78, 5) is 0.530. The highest BCUT2D eigenvalue weighted by Crippen LogP contribution is 2.24. The molecule has 1 aromatic carbocycles. The zero-order valence-corrected chi connectivity index (χ0v) is 13.6. The number of aliphatic hydroxyl groups is 1. The van der Waals surface area contributed by atoms with Crippen molar-refractivity contribution in [2.75, 3.05) is 19.7 Å². The van der Waals surface area contributed by atoms with Crippen molar-refractivity contribution in [2.24, 2.45) is 11.7 Å². The molecule has 0 aromatic heterocycles. The van der Waals surface area contributed by atoms with Gasteiger partial charge in [0.15, 0.2) is 0 Å². The van der Waals surface area contributed by atoms with Crippen LogP contribution in [0.15, 0.2) is 23.1 Å². The fourth-order valence-electron chi connectivity index (χ4n) is 2.55. The Kier molecular flexibility index (Phi) is 4.98. The van der Waals surface area contributed by atoms with Gasteiger partial charge in [0.25, 0.3) is 0 Å². The molecule has 0 atom stereocenters. The molecule has 1 heterocycles. The molecule has 1 fully saturated rings. The predicted molar refractivity (Wildman–Crippen MR) is 85.6 cm³/mol. The van der Waals surface area contributed by atoms with E-state index in [9.17, 15) is 8.42 Å². The summed E-state index contributed by atoms with van der Waals surface area (Å²) in [6, 6.07) is 4.82. The molecule has 0 unspecified atom stereocenters. The third kappa shape index (κ3) is 3.42. The largest absolute Gasteiger partial charge is 0.396 e. The Labute approximate surface area is 130 Å². The number of benzene rings is 1. The summed E-state index contributed by atoms with van der Waals surface area (Å²) in [5, 5.41) is 9.12. The molecule has 0 bridgehead atoms. The van der Waals surface area contributed by atoms with Crippen LogP contribution >= 0.6 is 12.2 Å². The van der Waals surface area contributed by atoms with Gasteiger partial charge in [-0.05, 0) is 43.4 Å². The Morgan fingerprint density at radius 3 is 2.52 bits per heavy atom. The summed E-state index contributed by atoms with van der Waals surface area (Å²) >= 11 is 4.93. The maximum absolute atomic E-state index is 12.6. The summed E-state index contributed by atoms with van der Waals surface area (Å²) < 4.78 is 26.7. The van der Waals surface area contributed by atoms with Crippen molar-refractivity contribution in [1.29, 1.82) is 0 Å². The van der Waals surface area contributed by atoms with Crippen LogP contribution in [-0.4, -0.2) is 42.5 Å². The number of hydrogen-bond donors (Lipinski definition) is 2. The van der Waals surface area contributed by atoms with Crippen LogP contribution in [0, 0.1) is 12.8 Å². The summed E-state index contributed by atoms with van der Waals surface area (Å²) in [6.07, 6.45) is 1.39. The van der Waals surface area contributed by atoms with Gasteiger partial charge in [-0.2, -0.15) is 4.31 Å². The van der Waals surface area contributed by atoms with Crippen molar-refractivity contribution >= 4 is 27.2 Å². The van der Waals surface area contributed by atoms with Crippen LogP contribution in [0.25, 0.3) is 0 Å². The van der Waals surface area contributed by atoms with Gasteiger partial charge in [0, 0.05) is 25.3 Å². The molecule has 0 saturated carbocycles. The van der Waals surface area contributed by atoms with E-state index in [1.54, 1.807) is 25.1 Å². The van der Waals surface area contributed by atoms with Gasteiger partial charge in [0.05, 0.1) is 4.90 Å². The quantitative estimate of drug-likeness (QED) is 0.806. The van der Waals surface area contributed by atoms with Gasteiger partial charge in [-0.3, -0.25) is 0 Å². The molecular weight excluding hydrogens is 308 g/mol. The highest BCUT2D eigenvalue weighted by atomic mass is 32.2. The lowest BCUT2D eigenvalue weighted by Gasteiger charge is -2.30. The van der Waals surface area contributed by atoms with Crippen LogP contribution in [-0.2, 0) is 10.0 Å². The average molecular weight is 328 g/mol. The average Bonchev–Trinajstić information content (AvgIpc) is 2.46. The highest BCUT2D eigenvalue weighted by molar-refractivity contribution is 7.89. The molecule has 3 N–H and O–H groups in total. The van der Waals surface area contributed by atoms with Crippen LogP contribution < -0.4 is 5.73 Å². The Morgan fingerprint density at radius 2 is 2.05 bits per heavy atom. The number of sulfonamides is 1. The summed E-state index contributed by atoms with van der Waals surface area (Å²) in [5.74, 6) is 0.204. The maximum atomic E-state index is 12.6. The van der Waals surface area contributed by atoms with Crippen molar-refractivity contribution in [3.63, 3.8) is 0 Å². The molecule has 21 heavy (non-hydrogen) atoms. The molecular formula is C14H20N2O3S2. The van der Waals surface area contributed by atoms with Gasteiger partial charge in [0.1, 0.15) is 4.99 Å². The van der Waals surface area contributed by atoms with Gasteiger partial charge < -0.3 is 10.8 Å². The molecule has 0 spiro atoms. The first-order valence-electron chi connectivity index (χ1n) is 6.87. The summed E-state index contributed by atoms with van der Waals surface area (Å²) in [7, 11) is -3.49. The van der Waals surface area contributed by atoms with Gasteiger partial charge in [-0.15, -0.1) is 0 Å². The number of piperidine rings is 1. The Balaban J connectivity index is 2.24. The van der Waals surface area contributed by atoms with Gasteiger partial charge in [-0.25, -0.2) is 8.42 Å². The number of nitrogens with two attached hydrogens (primary N) is 1. The lowest BCUT2D eigenvalue weighted by molar-refractivity contribution is 0.170. The number of rotatable bonds is 4. The zero-order valence-electron chi connectivity index (χ0n) is 11.9. The molecule has 5 nitrogen and oxygen atoms in total. The van der Waals surface area contributed by atoms with Crippen LogP contribution in [0.5, 0.6) is 0 Å². The lowest BCUT2D eigenvalue weighted by atomic mass is 10.00. The standard InChI is InChI=1S/C14H20N2O3S2/c1-10-8-12(2-3-13(10)14(15)20)21(18,19)16-6-4-11(9-17)5-7-16/h2-3,8,11,17H,4-7,9H2,1H3,(H2,15,20). The van der Waals surface area contributed by atoms with E-state index in [0.29, 0.717) is 31.5 Å². The van der Waals surface area contributed by atoms with E-state index < -0.39 is 10.0 Å². The third-order valence-electron chi connectivity index (χ3n) is 3.93. The van der Waals surface area contributed by atoms with Crippen molar-refractivity contribution in [1.82, 2.24) is 4.31 Å². The van der Waals surface area contributed by atoms with E-state index in [4.69, 9.17) is 23.1 Å². The number of thiocarbonyl (C=S) groups is 1. The molecule has 1 saturated heterocycles. The number of nitrogens with zero attached hydrogens (tertiary/aromatic N) is 1. The highest BCUT2D eigenvalue weighted by Gasteiger charge is 2.29. The van der Waals surface area contributed by atoms with E-state index in [1.807, 2.05) is 0 Å². The van der Waals surface area contributed by atoms with E-state index >= 15 is 0 Å². The van der Waals surface area contributed by atoms with Crippen LogP contribution in [0.2, 0.25) is 0 Å². The summed E-state index contributed by atoms with van der Waals surface area (Å²) in [5.41, 5.74) is 7.05. The molecule has 1 aliphatic heterocycles. The number of hydrogen-bond acceptors (Lipinski definition) is 4. The predicted octanol–water partition coefficient (Wildman–Crippen LogP) is 1.02. The first-order chi connectivity index (χ1) is 9.86. The van der Waals surface area contributed by atoms with Crippen LogP contribution in [0.1, 0.15) is 24.0 Å². The van der Waals surface area contributed by atoms with Gasteiger partial charge >= 0.3 is 0 Å². The van der Waals surface area contributed by atoms with Crippen LogP contribution in [0.4, 0.5) is 0 Å². The molecule has 0 aliphatic carbocycles. The minimum Gasteiger partial charge on any atom is -0.396 e. The van der Waals surface area contributed by atoms with E-state index in [2.05, 4.69) is 0 Å². The van der Waals surface area contributed by atoms with E-state index in [-0.39, 0.29) is 22.4 Å². The van der Waals surface area contributed by atoms with E-state index in [0.717, 1.165) is 5.56 Å². The van der Waals surface area contributed by atoms with Gasteiger partial charge in [-0.1, -0.05) is 18.3 Å². The third-order valence-corrected chi connectivity index (χ3v) is 6.05. The first kappa shape index (κ1) is 16.4. The molecule has 2 rings (SSSR count). The van der Waals surface area contributed by atoms with E-state index in [1.165, 1.54) is 4.31 Å². The molecule has 1 aliphatic rings. The minimum atomic E-state index is -3.49. The second-order valence-electron chi connectivity index (χ2n) is 5.37. The van der Waals surface area contributed by atoms with Crippen molar-refractivity contribution < 1.29 is 13.5 Å². The molecule has 7 heteroatoms. The normalized spacial score (nSPS) is 17.8. The minimum absolute atomic E-state index is 0.121. The second kappa shape index (κ2) is 6.39. The fraction of sp³-hybridized carbons (Fsp3) is 0.500. The van der Waals surface area contributed by atoms with Crippen LogP contribution in [0.3, 0.4) is 0 Å². The maximum Gasteiger partial charge on any atom is 0.243 e. The molecule has 116 valence electrons. The zero-order chi connectivity index (χ0) is 15.6.